The molecule has 1 saturated heterocycles. The van der Waals surface area contributed by atoms with Crippen molar-refractivity contribution in [2.24, 2.45) is 11.7 Å². The van der Waals surface area contributed by atoms with Gasteiger partial charge in [0.1, 0.15) is 0 Å². The third kappa shape index (κ3) is 3.55. The van der Waals surface area contributed by atoms with E-state index < -0.39 is 0 Å². The normalized spacial score (nSPS) is 23.2. The van der Waals surface area contributed by atoms with Crippen LogP contribution in [0.1, 0.15) is 18.5 Å². The Morgan fingerprint density at radius 3 is 2.68 bits per heavy atom. The first-order valence-corrected chi connectivity index (χ1v) is 6.89. The topological polar surface area (TPSA) is 56.4 Å². The van der Waals surface area contributed by atoms with Crippen molar-refractivity contribution in [1.29, 1.82) is 5.41 Å². The van der Waals surface area contributed by atoms with Crippen molar-refractivity contribution in [2.45, 2.75) is 13.0 Å². The molecule has 1 heterocycles. The van der Waals surface area contributed by atoms with Crippen LogP contribution in [0.25, 0.3) is 0 Å². The van der Waals surface area contributed by atoms with E-state index in [1.807, 2.05) is 6.92 Å². The van der Waals surface area contributed by atoms with Crippen LogP contribution in [0.5, 0.6) is 0 Å². The van der Waals surface area contributed by atoms with Gasteiger partial charge >= 0.3 is 0 Å². The molecule has 0 aromatic heterocycles. The Labute approximate surface area is 115 Å². The molecule has 0 radical (unpaired) electrons. The lowest BCUT2D eigenvalue weighted by molar-refractivity contribution is 0.0841. The molecule has 104 valence electrons. The molecule has 2 unspecified atom stereocenters. The Kier molecular flexibility index (Phi) is 4.56. The molecule has 0 bridgehead atoms. The van der Waals surface area contributed by atoms with Crippen LogP contribution in [-0.2, 0) is 0 Å². The maximum atomic E-state index is 7.57. The lowest BCUT2D eigenvalue weighted by atomic mass is 10.0. The van der Waals surface area contributed by atoms with Crippen molar-refractivity contribution in [1.82, 2.24) is 9.80 Å². The Morgan fingerprint density at radius 2 is 2.05 bits per heavy atom. The first-order valence-electron chi connectivity index (χ1n) is 6.89. The lowest BCUT2D eigenvalue weighted by Gasteiger charge is -2.41. The Morgan fingerprint density at radius 1 is 1.37 bits per heavy atom. The molecule has 2 atom stereocenters. The number of nitrogens with one attached hydrogen (secondary N) is 1. The van der Waals surface area contributed by atoms with Gasteiger partial charge in [-0.15, -0.1) is 0 Å². The molecule has 1 aliphatic heterocycles. The summed E-state index contributed by atoms with van der Waals surface area (Å²) in [6.45, 7) is 6.04. The van der Waals surface area contributed by atoms with Crippen LogP contribution in [-0.4, -0.2) is 48.9 Å². The van der Waals surface area contributed by atoms with Crippen LogP contribution < -0.4 is 5.73 Å². The van der Waals surface area contributed by atoms with Crippen LogP contribution in [0.15, 0.2) is 30.3 Å². The van der Waals surface area contributed by atoms with Crippen molar-refractivity contribution in [3.63, 3.8) is 0 Å². The molecule has 0 aliphatic carbocycles. The largest absolute Gasteiger partial charge is 0.387 e. The van der Waals surface area contributed by atoms with E-state index in [9.17, 15) is 0 Å². The maximum Gasteiger partial charge on any atom is 0.0947 e. The van der Waals surface area contributed by atoms with Gasteiger partial charge in [0, 0.05) is 38.1 Å². The minimum atomic E-state index is 0.120. The Balaban J connectivity index is 2.13. The van der Waals surface area contributed by atoms with E-state index in [0.29, 0.717) is 6.04 Å². The van der Waals surface area contributed by atoms with E-state index in [1.165, 1.54) is 5.56 Å². The van der Waals surface area contributed by atoms with Gasteiger partial charge in [0.2, 0.25) is 0 Å². The molecular weight excluding hydrogens is 236 g/mol. The average Bonchev–Trinajstić information content (AvgIpc) is 2.41. The van der Waals surface area contributed by atoms with Gasteiger partial charge in [-0.2, -0.15) is 0 Å². The highest BCUT2D eigenvalue weighted by molar-refractivity contribution is 5.79. The fraction of sp³-hybridized carbons (Fsp3) is 0.533. The third-order valence-corrected chi connectivity index (χ3v) is 3.92. The maximum absolute atomic E-state index is 7.57. The van der Waals surface area contributed by atoms with Gasteiger partial charge < -0.3 is 10.6 Å². The van der Waals surface area contributed by atoms with Crippen molar-refractivity contribution in [2.75, 3.05) is 33.2 Å². The number of piperazine rings is 1. The SMILES string of the molecule is CC(CN1CCN(C)CC1c1ccccc1)C(=N)N. The van der Waals surface area contributed by atoms with Crippen LogP contribution >= 0.6 is 0 Å². The quantitative estimate of drug-likeness (QED) is 0.638. The van der Waals surface area contributed by atoms with E-state index in [0.717, 1.165) is 26.2 Å². The second-order valence-electron chi connectivity index (χ2n) is 5.54. The lowest BCUT2D eigenvalue weighted by Crippen LogP contribution is -2.49. The van der Waals surface area contributed by atoms with Gasteiger partial charge in [0.05, 0.1) is 5.84 Å². The molecule has 1 fully saturated rings. The predicted molar refractivity (Wildman–Crippen MR) is 79.3 cm³/mol. The molecule has 0 spiro atoms. The molecule has 0 saturated carbocycles. The summed E-state index contributed by atoms with van der Waals surface area (Å²) in [5, 5.41) is 7.57. The molecule has 4 heteroatoms. The molecule has 4 nitrogen and oxygen atoms in total. The predicted octanol–water partition coefficient (Wildman–Crippen LogP) is 1.55. The standard InChI is InChI=1S/C15H24N4/c1-12(15(16)17)10-19-9-8-18(2)11-14(19)13-6-4-3-5-7-13/h3-7,12,14H,8-11H2,1-2H3,(H3,16,17). The van der Waals surface area contributed by atoms with Gasteiger partial charge in [-0.1, -0.05) is 37.3 Å². The Bertz CT molecular complexity index is 417. The zero-order chi connectivity index (χ0) is 13.8. The van der Waals surface area contributed by atoms with E-state index in [1.54, 1.807) is 0 Å². The smallest absolute Gasteiger partial charge is 0.0947 e. The molecule has 1 aliphatic rings. The minimum Gasteiger partial charge on any atom is -0.387 e. The van der Waals surface area contributed by atoms with Crippen LogP contribution in [0.4, 0.5) is 0 Å². The van der Waals surface area contributed by atoms with Crippen LogP contribution in [0.2, 0.25) is 0 Å². The average molecular weight is 260 g/mol. The van der Waals surface area contributed by atoms with E-state index in [-0.39, 0.29) is 11.8 Å². The third-order valence-electron chi connectivity index (χ3n) is 3.92. The first-order chi connectivity index (χ1) is 9.08. The first kappa shape index (κ1) is 14.0. The van der Waals surface area contributed by atoms with Crippen molar-refractivity contribution >= 4 is 5.84 Å². The summed E-state index contributed by atoms with van der Waals surface area (Å²) in [6, 6.07) is 11.0. The number of rotatable bonds is 4. The van der Waals surface area contributed by atoms with Crippen LogP contribution in [0, 0.1) is 11.3 Å². The molecule has 19 heavy (non-hydrogen) atoms. The van der Waals surface area contributed by atoms with Crippen molar-refractivity contribution < 1.29 is 0 Å². The number of likely N-dealkylation sites (N-methyl/N-ethyl adjacent to an activating group) is 1. The van der Waals surface area contributed by atoms with Gasteiger partial charge in [-0.05, 0) is 12.6 Å². The number of nitrogens with two attached hydrogens (primary N) is 1. The molecule has 3 N–H and O–H groups in total. The van der Waals surface area contributed by atoms with E-state index in [4.69, 9.17) is 11.1 Å². The fourth-order valence-electron chi connectivity index (χ4n) is 2.62. The monoisotopic (exact) mass is 260 g/mol. The number of hydrogen-bond acceptors (Lipinski definition) is 3. The number of amidine groups is 1. The molecular formula is C15H24N4. The van der Waals surface area contributed by atoms with Crippen molar-refractivity contribution in [3.05, 3.63) is 35.9 Å². The summed E-state index contributed by atoms with van der Waals surface area (Å²) in [5.41, 5.74) is 6.96. The van der Waals surface area contributed by atoms with Gasteiger partial charge in [-0.25, -0.2) is 0 Å². The highest BCUT2D eigenvalue weighted by atomic mass is 15.3. The van der Waals surface area contributed by atoms with E-state index in [2.05, 4.69) is 47.2 Å². The zero-order valence-corrected chi connectivity index (χ0v) is 11.8. The second-order valence-corrected chi connectivity index (χ2v) is 5.54. The van der Waals surface area contributed by atoms with Gasteiger partial charge in [0.25, 0.3) is 0 Å². The summed E-state index contributed by atoms with van der Waals surface area (Å²) in [4.78, 5) is 4.83. The number of nitrogens with zero attached hydrogens (tertiary/aromatic N) is 2. The summed E-state index contributed by atoms with van der Waals surface area (Å²) < 4.78 is 0. The zero-order valence-electron chi connectivity index (χ0n) is 11.8. The molecule has 1 aromatic rings. The Hall–Kier alpha value is -1.39. The summed E-state index contributed by atoms with van der Waals surface area (Å²) >= 11 is 0. The minimum absolute atomic E-state index is 0.120. The summed E-state index contributed by atoms with van der Waals surface area (Å²) in [7, 11) is 2.17. The van der Waals surface area contributed by atoms with Gasteiger partial charge in [-0.3, -0.25) is 10.3 Å². The van der Waals surface area contributed by atoms with E-state index >= 15 is 0 Å². The summed E-state index contributed by atoms with van der Waals surface area (Å²) in [6.07, 6.45) is 0. The highest BCUT2D eigenvalue weighted by Crippen LogP contribution is 2.25. The second kappa shape index (κ2) is 6.17. The fourth-order valence-corrected chi connectivity index (χ4v) is 2.62. The van der Waals surface area contributed by atoms with Crippen LogP contribution in [0.3, 0.4) is 0 Å². The molecule has 1 aromatic carbocycles. The molecule has 0 amide bonds. The molecule has 2 rings (SSSR count). The highest BCUT2D eigenvalue weighted by Gasteiger charge is 2.27. The number of benzene rings is 1. The summed E-state index contributed by atoms with van der Waals surface area (Å²) in [5.74, 6) is 0.403. The number of hydrogen-bond donors (Lipinski definition) is 2. The van der Waals surface area contributed by atoms with Gasteiger partial charge in [0.15, 0.2) is 0 Å². The van der Waals surface area contributed by atoms with Crippen molar-refractivity contribution in [3.8, 4) is 0 Å².